The average Bonchev–Trinajstić information content (AvgIpc) is 2.30. The van der Waals surface area contributed by atoms with E-state index in [1.165, 1.54) is 25.1 Å². The maximum Gasteiger partial charge on any atom is 0.212 e. The van der Waals surface area contributed by atoms with Crippen LogP contribution in [0.2, 0.25) is 0 Å². The van der Waals surface area contributed by atoms with Gasteiger partial charge in [-0.3, -0.25) is 0 Å². The molecule has 1 aromatic heterocycles. The van der Waals surface area contributed by atoms with Crippen LogP contribution in [0.25, 0.3) is 0 Å². The van der Waals surface area contributed by atoms with Crippen molar-refractivity contribution in [3.8, 4) is 0 Å². The molecule has 1 N–H and O–H groups in total. The van der Waals surface area contributed by atoms with Crippen LogP contribution in [-0.2, 0) is 0 Å². The molecule has 80 valence electrons. The van der Waals surface area contributed by atoms with Crippen LogP contribution in [0, 0.1) is 11.9 Å². The lowest BCUT2D eigenvalue weighted by Crippen LogP contribution is -2.15. The summed E-state index contributed by atoms with van der Waals surface area (Å²) in [5.74, 6) is 0.265. The topological polar surface area (TPSA) is 24.9 Å². The molecule has 1 aromatic rings. The van der Waals surface area contributed by atoms with Crippen LogP contribution < -0.4 is 5.32 Å². The first-order valence-electron chi connectivity index (χ1n) is 5.35. The van der Waals surface area contributed by atoms with Crippen LogP contribution in [-0.4, -0.2) is 11.5 Å². The van der Waals surface area contributed by atoms with Gasteiger partial charge in [0.25, 0.3) is 0 Å². The van der Waals surface area contributed by atoms with Crippen molar-refractivity contribution in [3.63, 3.8) is 0 Å². The minimum absolute atomic E-state index is 0.429. The molecule has 15 heavy (non-hydrogen) atoms. The fraction of sp³-hybridized carbons (Fsp3) is 0.417. The van der Waals surface area contributed by atoms with Crippen LogP contribution in [0.4, 0.5) is 10.1 Å². The van der Waals surface area contributed by atoms with Gasteiger partial charge in [-0.05, 0) is 37.3 Å². The third-order valence-corrected chi connectivity index (χ3v) is 2.70. The first kappa shape index (κ1) is 10.1. The van der Waals surface area contributed by atoms with Crippen LogP contribution in [0.1, 0.15) is 19.3 Å². The van der Waals surface area contributed by atoms with Crippen molar-refractivity contribution in [2.24, 2.45) is 5.92 Å². The Morgan fingerprint density at radius 1 is 1.40 bits per heavy atom. The SMILES string of the molecule is Fc1ccc(NCC2CC=CCC2)cn1. The third-order valence-electron chi connectivity index (χ3n) is 2.70. The monoisotopic (exact) mass is 206 g/mol. The van der Waals surface area contributed by atoms with Crippen LogP contribution in [0.3, 0.4) is 0 Å². The molecule has 0 saturated carbocycles. The van der Waals surface area contributed by atoms with Crippen molar-refractivity contribution >= 4 is 5.69 Å². The number of nitrogens with one attached hydrogen (secondary N) is 1. The van der Waals surface area contributed by atoms with Gasteiger partial charge in [-0.25, -0.2) is 4.98 Å². The molecule has 0 saturated heterocycles. The van der Waals surface area contributed by atoms with Gasteiger partial charge >= 0.3 is 0 Å². The summed E-state index contributed by atoms with van der Waals surface area (Å²) in [5.41, 5.74) is 0.894. The quantitative estimate of drug-likeness (QED) is 0.607. The Morgan fingerprint density at radius 2 is 2.33 bits per heavy atom. The van der Waals surface area contributed by atoms with Crippen molar-refractivity contribution in [1.29, 1.82) is 0 Å². The van der Waals surface area contributed by atoms with Gasteiger partial charge in [-0.1, -0.05) is 12.2 Å². The lowest BCUT2D eigenvalue weighted by atomic mass is 9.94. The molecule has 0 radical (unpaired) electrons. The van der Waals surface area contributed by atoms with Gasteiger partial charge in [0.2, 0.25) is 5.95 Å². The lowest BCUT2D eigenvalue weighted by Gasteiger charge is -2.18. The molecule has 1 heterocycles. The summed E-state index contributed by atoms with van der Waals surface area (Å²) in [5, 5.41) is 3.28. The van der Waals surface area contributed by atoms with Gasteiger partial charge in [-0.15, -0.1) is 0 Å². The van der Waals surface area contributed by atoms with E-state index in [-0.39, 0.29) is 0 Å². The van der Waals surface area contributed by atoms with Crippen LogP contribution in [0.15, 0.2) is 30.5 Å². The Hall–Kier alpha value is -1.38. The van der Waals surface area contributed by atoms with E-state index in [4.69, 9.17) is 0 Å². The minimum Gasteiger partial charge on any atom is -0.384 e. The highest BCUT2D eigenvalue weighted by Gasteiger charge is 2.09. The first-order valence-corrected chi connectivity index (χ1v) is 5.35. The predicted octanol–water partition coefficient (Wildman–Crippen LogP) is 2.99. The standard InChI is InChI=1S/C12H15FN2/c13-12-7-6-11(9-15-12)14-8-10-4-2-1-3-5-10/h1-2,6-7,9-10,14H,3-5,8H2. The summed E-state index contributed by atoms with van der Waals surface area (Å²) in [7, 11) is 0. The highest BCUT2D eigenvalue weighted by molar-refractivity contribution is 5.39. The predicted molar refractivity (Wildman–Crippen MR) is 59.2 cm³/mol. The summed E-state index contributed by atoms with van der Waals surface area (Å²) >= 11 is 0. The lowest BCUT2D eigenvalue weighted by molar-refractivity contribution is 0.504. The molecular formula is C12H15FN2. The Morgan fingerprint density at radius 3 is 3.00 bits per heavy atom. The summed E-state index contributed by atoms with van der Waals surface area (Å²) in [6, 6.07) is 3.10. The number of anilines is 1. The Bertz CT molecular complexity index is 332. The zero-order valence-corrected chi connectivity index (χ0v) is 8.62. The number of rotatable bonds is 3. The summed E-state index contributed by atoms with van der Waals surface area (Å²) in [4.78, 5) is 3.60. The molecule has 0 fully saturated rings. The molecule has 1 atom stereocenters. The van der Waals surface area contributed by atoms with Crippen LogP contribution >= 0.6 is 0 Å². The number of allylic oxidation sites excluding steroid dienone is 2. The third kappa shape index (κ3) is 3.05. The van der Waals surface area contributed by atoms with Crippen molar-refractivity contribution in [1.82, 2.24) is 4.98 Å². The highest BCUT2D eigenvalue weighted by atomic mass is 19.1. The van der Waals surface area contributed by atoms with E-state index < -0.39 is 5.95 Å². The number of pyridine rings is 1. The second-order valence-electron chi connectivity index (χ2n) is 3.90. The average molecular weight is 206 g/mol. The number of halogens is 1. The molecule has 2 rings (SSSR count). The van der Waals surface area contributed by atoms with Gasteiger partial charge in [-0.2, -0.15) is 4.39 Å². The summed E-state index contributed by atoms with van der Waals surface area (Å²) in [6.07, 6.45) is 9.55. The minimum atomic E-state index is -0.429. The summed E-state index contributed by atoms with van der Waals surface area (Å²) < 4.78 is 12.5. The van der Waals surface area contributed by atoms with E-state index in [0.717, 1.165) is 18.7 Å². The Labute approximate surface area is 89.2 Å². The maximum atomic E-state index is 12.5. The maximum absolute atomic E-state index is 12.5. The number of hydrogen-bond donors (Lipinski definition) is 1. The molecular weight excluding hydrogens is 191 g/mol. The number of hydrogen-bond acceptors (Lipinski definition) is 2. The zero-order chi connectivity index (χ0) is 10.5. The van der Waals surface area contributed by atoms with Gasteiger partial charge in [0.05, 0.1) is 11.9 Å². The molecule has 0 bridgehead atoms. The molecule has 0 spiro atoms. The molecule has 0 amide bonds. The molecule has 3 heteroatoms. The molecule has 1 unspecified atom stereocenters. The van der Waals surface area contributed by atoms with Gasteiger partial charge in [0.15, 0.2) is 0 Å². The highest BCUT2D eigenvalue weighted by Crippen LogP contribution is 2.18. The van der Waals surface area contributed by atoms with E-state index in [2.05, 4.69) is 22.5 Å². The molecule has 1 aliphatic carbocycles. The van der Waals surface area contributed by atoms with Crippen molar-refractivity contribution < 1.29 is 4.39 Å². The van der Waals surface area contributed by atoms with E-state index in [9.17, 15) is 4.39 Å². The fourth-order valence-electron chi connectivity index (χ4n) is 1.78. The van der Waals surface area contributed by atoms with Crippen molar-refractivity contribution in [2.45, 2.75) is 19.3 Å². The van der Waals surface area contributed by atoms with Gasteiger partial charge < -0.3 is 5.32 Å². The number of aromatic nitrogens is 1. The molecule has 1 aliphatic rings. The largest absolute Gasteiger partial charge is 0.384 e. The summed E-state index contributed by atoms with van der Waals surface area (Å²) in [6.45, 7) is 0.942. The Kier molecular flexibility index (Phi) is 3.33. The first-order chi connectivity index (χ1) is 7.34. The normalized spacial score (nSPS) is 20.2. The van der Waals surface area contributed by atoms with Crippen molar-refractivity contribution in [3.05, 3.63) is 36.4 Å². The van der Waals surface area contributed by atoms with E-state index in [1.54, 1.807) is 6.07 Å². The number of nitrogens with zero attached hydrogens (tertiary/aromatic N) is 1. The smallest absolute Gasteiger partial charge is 0.212 e. The second kappa shape index (κ2) is 4.91. The Balaban J connectivity index is 1.82. The second-order valence-corrected chi connectivity index (χ2v) is 3.90. The van der Waals surface area contributed by atoms with E-state index in [0.29, 0.717) is 5.92 Å². The van der Waals surface area contributed by atoms with Gasteiger partial charge in [0.1, 0.15) is 0 Å². The molecule has 0 aliphatic heterocycles. The van der Waals surface area contributed by atoms with E-state index in [1.807, 2.05) is 0 Å². The zero-order valence-electron chi connectivity index (χ0n) is 8.62. The van der Waals surface area contributed by atoms with Gasteiger partial charge in [0, 0.05) is 6.54 Å². The van der Waals surface area contributed by atoms with Crippen LogP contribution in [0.5, 0.6) is 0 Å². The van der Waals surface area contributed by atoms with E-state index >= 15 is 0 Å². The molecule has 0 aromatic carbocycles. The fourth-order valence-corrected chi connectivity index (χ4v) is 1.78. The molecule has 2 nitrogen and oxygen atoms in total. The van der Waals surface area contributed by atoms with Crippen molar-refractivity contribution in [2.75, 3.05) is 11.9 Å².